The molecule has 1 aromatic rings. The highest BCUT2D eigenvalue weighted by atomic mass is 35.5. The summed E-state index contributed by atoms with van der Waals surface area (Å²) in [6.07, 6.45) is 7.39. The van der Waals surface area contributed by atoms with Gasteiger partial charge in [-0.2, -0.15) is 0 Å². The molecule has 2 heterocycles. The quantitative estimate of drug-likeness (QED) is 0.905. The lowest BCUT2D eigenvalue weighted by Gasteiger charge is -2.32. The van der Waals surface area contributed by atoms with Gasteiger partial charge < -0.3 is 5.32 Å². The number of aromatic nitrogens is 1. The van der Waals surface area contributed by atoms with Gasteiger partial charge in [-0.1, -0.05) is 6.07 Å². The van der Waals surface area contributed by atoms with Crippen molar-refractivity contribution in [1.82, 2.24) is 15.2 Å². The zero-order chi connectivity index (χ0) is 13.1. The van der Waals surface area contributed by atoms with Crippen molar-refractivity contribution < 1.29 is 0 Å². The Morgan fingerprint density at radius 2 is 2.00 bits per heavy atom. The monoisotopic (exact) mass is 295 g/mol. The Morgan fingerprint density at radius 1 is 1.25 bits per heavy atom. The van der Waals surface area contributed by atoms with Gasteiger partial charge in [0.15, 0.2) is 0 Å². The standard InChI is InChI=1S/C16H25N3.ClH/c1-13-3-2-8-17-16(13)12-19-9-6-15(7-10-19)18-11-14-4-5-14;/h2-3,8,14-15,18H,4-7,9-12H2,1H3;1H. The van der Waals surface area contributed by atoms with Crippen LogP contribution < -0.4 is 5.32 Å². The second-order valence-corrected chi connectivity index (χ2v) is 6.17. The molecule has 2 fully saturated rings. The van der Waals surface area contributed by atoms with E-state index in [0.29, 0.717) is 0 Å². The molecule has 0 aromatic carbocycles. The van der Waals surface area contributed by atoms with Gasteiger partial charge in [-0.15, -0.1) is 12.4 Å². The molecule has 0 atom stereocenters. The maximum Gasteiger partial charge on any atom is 0.0573 e. The van der Waals surface area contributed by atoms with Crippen LogP contribution in [0.25, 0.3) is 0 Å². The number of aryl methyl sites for hydroxylation is 1. The zero-order valence-corrected chi connectivity index (χ0v) is 13.2. The van der Waals surface area contributed by atoms with E-state index in [1.54, 1.807) is 0 Å². The number of halogens is 1. The minimum absolute atomic E-state index is 0. The van der Waals surface area contributed by atoms with Crippen molar-refractivity contribution in [1.29, 1.82) is 0 Å². The van der Waals surface area contributed by atoms with Crippen LogP contribution in [0.4, 0.5) is 0 Å². The Morgan fingerprint density at radius 3 is 2.65 bits per heavy atom. The van der Waals surface area contributed by atoms with Gasteiger partial charge in [0.2, 0.25) is 0 Å². The molecular formula is C16H26ClN3. The van der Waals surface area contributed by atoms with Crippen LogP contribution in [-0.4, -0.2) is 35.6 Å². The Bertz CT molecular complexity index is 412. The molecule has 3 rings (SSSR count). The summed E-state index contributed by atoms with van der Waals surface area (Å²) in [6.45, 7) is 6.84. The molecule has 20 heavy (non-hydrogen) atoms. The SMILES string of the molecule is Cc1cccnc1CN1CCC(NCC2CC2)CC1.Cl. The molecule has 1 aromatic heterocycles. The predicted octanol–water partition coefficient (Wildman–Crippen LogP) is 2.78. The van der Waals surface area contributed by atoms with Gasteiger partial charge in [-0.3, -0.25) is 9.88 Å². The third kappa shape index (κ3) is 4.44. The largest absolute Gasteiger partial charge is 0.314 e. The Hall–Kier alpha value is -0.640. The third-order valence-electron chi connectivity index (χ3n) is 4.47. The average molecular weight is 296 g/mol. The smallest absolute Gasteiger partial charge is 0.0573 e. The summed E-state index contributed by atoms with van der Waals surface area (Å²) >= 11 is 0. The van der Waals surface area contributed by atoms with Crippen molar-refractivity contribution in [3.63, 3.8) is 0 Å². The number of likely N-dealkylation sites (tertiary alicyclic amines) is 1. The van der Waals surface area contributed by atoms with Crippen LogP contribution >= 0.6 is 12.4 Å². The van der Waals surface area contributed by atoms with E-state index in [0.717, 1.165) is 18.5 Å². The van der Waals surface area contributed by atoms with E-state index in [2.05, 4.69) is 28.2 Å². The Labute approximate surface area is 128 Å². The molecule has 112 valence electrons. The van der Waals surface area contributed by atoms with E-state index < -0.39 is 0 Å². The number of hydrogen-bond donors (Lipinski definition) is 1. The van der Waals surface area contributed by atoms with E-state index in [1.165, 1.54) is 56.6 Å². The second-order valence-electron chi connectivity index (χ2n) is 6.17. The van der Waals surface area contributed by atoms with E-state index >= 15 is 0 Å². The van der Waals surface area contributed by atoms with E-state index in [1.807, 2.05) is 12.3 Å². The first-order chi connectivity index (χ1) is 9.31. The molecule has 0 spiro atoms. The van der Waals surface area contributed by atoms with E-state index in [4.69, 9.17) is 0 Å². The molecule has 3 nitrogen and oxygen atoms in total. The first kappa shape index (κ1) is 15.7. The molecular weight excluding hydrogens is 270 g/mol. The minimum atomic E-state index is 0. The fourth-order valence-electron chi connectivity index (χ4n) is 2.85. The number of hydrogen-bond acceptors (Lipinski definition) is 3. The maximum atomic E-state index is 4.50. The highest BCUT2D eigenvalue weighted by Crippen LogP contribution is 2.28. The van der Waals surface area contributed by atoms with Crippen molar-refractivity contribution in [2.45, 2.75) is 45.2 Å². The molecule has 1 aliphatic carbocycles. The van der Waals surface area contributed by atoms with Crippen molar-refractivity contribution in [3.05, 3.63) is 29.6 Å². The normalized spacial score (nSPS) is 20.6. The van der Waals surface area contributed by atoms with Crippen molar-refractivity contribution in [2.24, 2.45) is 5.92 Å². The summed E-state index contributed by atoms with van der Waals surface area (Å²) in [5.41, 5.74) is 2.56. The van der Waals surface area contributed by atoms with Gasteiger partial charge in [0.25, 0.3) is 0 Å². The topological polar surface area (TPSA) is 28.2 Å². The molecule has 0 unspecified atom stereocenters. The van der Waals surface area contributed by atoms with Crippen LogP contribution in [0, 0.1) is 12.8 Å². The summed E-state index contributed by atoms with van der Waals surface area (Å²) in [4.78, 5) is 7.05. The first-order valence-corrected chi connectivity index (χ1v) is 7.67. The fourth-order valence-corrected chi connectivity index (χ4v) is 2.85. The molecule has 1 saturated heterocycles. The van der Waals surface area contributed by atoms with Gasteiger partial charge in [0.1, 0.15) is 0 Å². The lowest BCUT2D eigenvalue weighted by molar-refractivity contribution is 0.188. The van der Waals surface area contributed by atoms with Gasteiger partial charge in [-0.25, -0.2) is 0 Å². The van der Waals surface area contributed by atoms with Gasteiger partial charge in [-0.05, 0) is 56.7 Å². The summed E-state index contributed by atoms with van der Waals surface area (Å²) in [6, 6.07) is 4.93. The fraction of sp³-hybridized carbons (Fsp3) is 0.688. The number of nitrogens with zero attached hydrogens (tertiary/aromatic N) is 2. The van der Waals surface area contributed by atoms with Crippen LogP contribution in [0.15, 0.2) is 18.3 Å². The van der Waals surface area contributed by atoms with Crippen LogP contribution in [0.3, 0.4) is 0 Å². The molecule has 1 aliphatic heterocycles. The van der Waals surface area contributed by atoms with Crippen LogP contribution in [0.5, 0.6) is 0 Å². The van der Waals surface area contributed by atoms with Crippen molar-refractivity contribution in [3.8, 4) is 0 Å². The Balaban J connectivity index is 0.00000147. The molecule has 0 amide bonds. The number of rotatable bonds is 5. The summed E-state index contributed by atoms with van der Waals surface area (Å²) in [7, 11) is 0. The second kappa shape index (κ2) is 7.39. The third-order valence-corrected chi connectivity index (χ3v) is 4.47. The maximum absolute atomic E-state index is 4.50. The van der Waals surface area contributed by atoms with Gasteiger partial charge in [0.05, 0.1) is 5.69 Å². The highest BCUT2D eigenvalue weighted by Gasteiger charge is 2.24. The van der Waals surface area contributed by atoms with E-state index in [9.17, 15) is 0 Å². The molecule has 0 bridgehead atoms. The zero-order valence-electron chi connectivity index (χ0n) is 12.3. The number of nitrogens with one attached hydrogen (secondary N) is 1. The predicted molar refractivity (Wildman–Crippen MR) is 85.2 cm³/mol. The van der Waals surface area contributed by atoms with Crippen LogP contribution in [0.2, 0.25) is 0 Å². The summed E-state index contributed by atoms with van der Waals surface area (Å²) < 4.78 is 0. The molecule has 4 heteroatoms. The molecule has 0 radical (unpaired) electrons. The molecule has 2 aliphatic rings. The van der Waals surface area contributed by atoms with E-state index in [-0.39, 0.29) is 12.4 Å². The number of pyridine rings is 1. The highest BCUT2D eigenvalue weighted by molar-refractivity contribution is 5.85. The lowest BCUT2D eigenvalue weighted by atomic mass is 10.0. The van der Waals surface area contributed by atoms with Gasteiger partial charge >= 0.3 is 0 Å². The van der Waals surface area contributed by atoms with Gasteiger partial charge in [0, 0.05) is 31.9 Å². The molecule has 1 N–H and O–H groups in total. The minimum Gasteiger partial charge on any atom is -0.314 e. The average Bonchev–Trinajstić information content (AvgIpc) is 3.25. The lowest BCUT2D eigenvalue weighted by Crippen LogP contribution is -2.42. The van der Waals surface area contributed by atoms with Crippen molar-refractivity contribution in [2.75, 3.05) is 19.6 Å². The van der Waals surface area contributed by atoms with Crippen LogP contribution in [-0.2, 0) is 6.54 Å². The Kier molecular flexibility index (Phi) is 5.82. The molecule has 1 saturated carbocycles. The summed E-state index contributed by atoms with van der Waals surface area (Å²) in [5.74, 6) is 0.995. The van der Waals surface area contributed by atoms with Crippen LogP contribution in [0.1, 0.15) is 36.9 Å². The summed E-state index contributed by atoms with van der Waals surface area (Å²) in [5, 5.41) is 3.74. The van der Waals surface area contributed by atoms with Crippen molar-refractivity contribution >= 4 is 12.4 Å². The first-order valence-electron chi connectivity index (χ1n) is 7.67. The number of piperidine rings is 1.